The molecule has 0 amide bonds. The van der Waals surface area contributed by atoms with Gasteiger partial charge in [-0.3, -0.25) is 0 Å². The van der Waals surface area contributed by atoms with Gasteiger partial charge in [-0.15, -0.1) is 0 Å². The fourth-order valence-electron chi connectivity index (χ4n) is 5.49. The van der Waals surface area contributed by atoms with Gasteiger partial charge in [0.15, 0.2) is 0 Å². The Morgan fingerprint density at radius 1 is 1.36 bits per heavy atom. The molecule has 1 aromatic carbocycles. The molecule has 5 nitrogen and oxygen atoms in total. The van der Waals surface area contributed by atoms with Gasteiger partial charge in [0.1, 0.15) is 5.54 Å². The average Bonchev–Trinajstić information content (AvgIpc) is 2.87. The predicted molar refractivity (Wildman–Crippen MR) is 98.2 cm³/mol. The highest BCUT2D eigenvalue weighted by Gasteiger charge is 2.63. The average molecular weight is 392 g/mol. The number of hydrogen-bond donors (Lipinski definition) is 1. The third kappa shape index (κ3) is 3.09. The van der Waals surface area contributed by atoms with Gasteiger partial charge in [-0.25, -0.2) is 4.79 Å². The maximum Gasteiger partial charge on any atom is 0.345 e. The quantitative estimate of drug-likeness (QED) is 0.793. The third-order valence-corrected chi connectivity index (χ3v) is 6.43. The largest absolute Gasteiger partial charge is 0.464 e. The van der Waals surface area contributed by atoms with Crippen molar-refractivity contribution in [2.45, 2.75) is 58.3 Å². The lowest BCUT2D eigenvalue weighted by atomic mass is 9.56. The normalized spacial score (nSPS) is 34.3. The molecule has 0 bridgehead atoms. The lowest BCUT2D eigenvalue weighted by molar-refractivity contribution is -0.209. The van der Waals surface area contributed by atoms with Crippen molar-refractivity contribution in [3.63, 3.8) is 0 Å². The number of fused-ring (bicyclic) bond motifs is 1. The predicted octanol–water partition coefficient (Wildman–Crippen LogP) is 3.49. The van der Waals surface area contributed by atoms with Crippen molar-refractivity contribution in [1.29, 1.82) is 5.26 Å². The molecule has 0 radical (unpaired) electrons. The zero-order valence-electron chi connectivity index (χ0n) is 16.4. The van der Waals surface area contributed by atoms with Crippen LogP contribution in [0.5, 0.6) is 0 Å². The van der Waals surface area contributed by atoms with Gasteiger partial charge < -0.3 is 15.2 Å². The second-order valence-electron chi connectivity index (χ2n) is 8.19. The third-order valence-electron chi connectivity index (χ3n) is 6.43. The van der Waals surface area contributed by atoms with Crippen LogP contribution >= 0.6 is 0 Å². The van der Waals surface area contributed by atoms with Gasteiger partial charge in [-0.05, 0) is 61.3 Å². The van der Waals surface area contributed by atoms with Crippen LogP contribution in [0.3, 0.4) is 0 Å². The first-order valence-electron chi connectivity index (χ1n) is 9.61. The first-order chi connectivity index (χ1) is 13.2. The van der Waals surface area contributed by atoms with Crippen LogP contribution in [0, 0.1) is 28.6 Å². The summed E-state index contributed by atoms with van der Waals surface area (Å²) in [7, 11) is 0. The Morgan fingerprint density at radius 3 is 2.54 bits per heavy atom. The highest BCUT2D eigenvalue weighted by molar-refractivity contribution is 5.86. The Morgan fingerprint density at radius 2 is 2.00 bits per heavy atom. The van der Waals surface area contributed by atoms with Gasteiger partial charge in [0.2, 0.25) is 0 Å². The SMILES string of the molecule is CCOC(=O)[C@]1(N)c2cc(C#N)ccc2C[C@@]12C[C@@H](C)[C@H](OC(F)F)[C@@H](C)C2. The summed E-state index contributed by atoms with van der Waals surface area (Å²) in [5.74, 6) is -0.948. The fourth-order valence-corrected chi connectivity index (χ4v) is 5.49. The number of carbonyl (C=O) groups excluding carboxylic acids is 1. The topological polar surface area (TPSA) is 85.3 Å². The van der Waals surface area contributed by atoms with Crippen molar-refractivity contribution in [2.75, 3.05) is 6.61 Å². The van der Waals surface area contributed by atoms with E-state index in [9.17, 15) is 18.8 Å². The number of esters is 1. The minimum atomic E-state index is -2.84. The van der Waals surface area contributed by atoms with Crippen LogP contribution in [-0.4, -0.2) is 25.3 Å². The van der Waals surface area contributed by atoms with Crippen molar-refractivity contribution < 1.29 is 23.0 Å². The number of halogens is 2. The Balaban J connectivity index is 2.07. The standard InChI is InChI=1S/C21H26F2N2O3/c1-4-27-18(26)21(25)16-7-14(11-24)5-6-15(16)10-20(21)8-12(2)17(13(3)9-20)28-19(22)23/h5-7,12-13,17,19H,4,8-10,25H2,1-3H3/t12-,13+,17+,20+,21-/m1/s1. The summed E-state index contributed by atoms with van der Waals surface area (Å²) >= 11 is 0. The Bertz CT molecular complexity index is 795. The molecular formula is C21H26F2N2O3. The number of hydrogen-bond acceptors (Lipinski definition) is 5. The van der Waals surface area contributed by atoms with E-state index in [1.54, 1.807) is 19.1 Å². The molecule has 0 aliphatic heterocycles. The fraction of sp³-hybridized carbons (Fsp3) is 0.619. The lowest BCUT2D eigenvalue weighted by Crippen LogP contribution is -2.60. The number of ether oxygens (including phenoxy) is 2. The van der Waals surface area contributed by atoms with Crippen molar-refractivity contribution in [2.24, 2.45) is 23.0 Å². The Hall–Kier alpha value is -2.04. The number of rotatable bonds is 4. The van der Waals surface area contributed by atoms with E-state index in [2.05, 4.69) is 6.07 Å². The van der Waals surface area contributed by atoms with Gasteiger partial charge in [0.25, 0.3) is 0 Å². The van der Waals surface area contributed by atoms with Crippen LogP contribution in [0.25, 0.3) is 0 Å². The summed E-state index contributed by atoms with van der Waals surface area (Å²) in [5, 5.41) is 9.29. The lowest BCUT2D eigenvalue weighted by Gasteiger charge is -2.51. The van der Waals surface area contributed by atoms with Crippen molar-refractivity contribution in [1.82, 2.24) is 0 Å². The second-order valence-corrected chi connectivity index (χ2v) is 8.19. The van der Waals surface area contributed by atoms with Crippen LogP contribution in [0.2, 0.25) is 0 Å². The van der Waals surface area contributed by atoms with Gasteiger partial charge in [-0.2, -0.15) is 14.0 Å². The smallest absolute Gasteiger partial charge is 0.345 e. The number of nitrogens with zero attached hydrogens (tertiary/aromatic N) is 1. The van der Waals surface area contributed by atoms with E-state index in [1.807, 2.05) is 19.9 Å². The van der Waals surface area contributed by atoms with E-state index in [0.29, 0.717) is 30.4 Å². The molecule has 1 saturated carbocycles. The summed E-state index contributed by atoms with van der Waals surface area (Å²) < 4.78 is 35.9. The highest BCUT2D eigenvalue weighted by Crippen LogP contribution is 2.59. The molecule has 0 aromatic heterocycles. The molecule has 2 N–H and O–H groups in total. The molecule has 28 heavy (non-hydrogen) atoms. The summed E-state index contributed by atoms with van der Waals surface area (Å²) in [6.45, 7) is 2.78. The molecule has 0 saturated heterocycles. The zero-order valence-corrected chi connectivity index (χ0v) is 16.4. The number of nitrogens with two attached hydrogens (primary N) is 1. The van der Waals surface area contributed by atoms with Crippen LogP contribution in [-0.2, 0) is 26.2 Å². The van der Waals surface area contributed by atoms with Crippen LogP contribution < -0.4 is 5.73 Å². The van der Waals surface area contributed by atoms with E-state index in [-0.39, 0.29) is 18.4 Å². The van der Waals surface area contributed by atoms with E-state index < -0.39 is 29.6 Å². The maximum absolute atomic E-state index is 13.1. The minimum absolute atomic E-state index is 0.184. The molecule has 1 fully saturated rings. The van der Waals surface area contributed by atoms with Crippen molar-refractivity contribution >= 4 is 5.97 Å². The van der Waals surface area contributed by atoms with E-state index in [4.69, 9.17) is 15.2 Å². The molecule has 1 spiro atoms. The van der Waals surface area contributed by atoms with Gasteiger partial charge in [0.05, 0.1) is 24.3 Å². The molecule has 0 unspecified atom stereocenters. The van der Waals surface area contributed by atoms with Gasteiger partial charge in [0, 0.05) is 5.41 Å². The van der Waals surface area contributed by atoms with Crippen LogP contribution in [0.4, 0.5) is 8.78 Å². The molecular weight excluding hydrogens is 366 g/mol. The molecule has 7 heteroatoms. The Kier molecular flexibility index (Phi) is 5.48. The van der Waals surface area contributed by atoms with Crippen LogP contribution in [0.15, 0.2) is 18.2 Å². The molecule has 2 aliphatic carbocycles. The molecule has 5 atom stereocenters. The van der Waals surface area contributed by atoms with Crippen molar-refractivity contribution in [3.8, 4) is 6.07 Å². The van der Waals surface area contributed by atoms with E-state index in [1.165, 1.54) is 0 Å². The van der Waals surface area contributed by atoms with E-state index >= 15 is 0 Å². The highest BCUT2D eigenvalue weighted by atomic mass is 19.3. The number of alkyl halides is 2. The maximum atomic E-state index is 13.1. The minimum Gasteiger partial charge on any atom is -0.464 e. The van der Waals surface area contributed by atoms with Gasteiger partial charge >= 0.3 is 12.6 Å². The number of carbonyl (C=O) groups is 1. The van der Waals surface area contributed by atoms with Crippen molar-refractivity contribution in [3.05, 3.63) is 34.9 Å². The first kappa shape index (κ1) is 20.7. The van der Waals surface area contributed by atoms with Gasteiger partial charge in [-0.1, -0.05) is 19.9 Å². The van der Waals surface area contributed by atoms with Crippen LogP contribution in [0.1, 0.15) is 50.3 Å². The number of benzene rings is 1. The number of nitriles is 1. The summed E-state index contributed by atoms with van der Waals surface area (Å²) in [4.78, 5) is 13.1. The molecule has 2 aliphatic rings. The Labute approximate surface area is 163 Å². The summed E-state index contributed by atoms with van der Waals surface area (Å²) in [6.07, 6.45) is 0.858. The van der Waals surface area contributed by atoms with E-state index in [0.717, 1.165) is 5.56 Å². The summed E-state index contributed by atoms with van der Waals surface area (Å²) in [5.41, 5.74) is 6.67. The zero-order chi connectivity index (χ0) is 20.7. The first-order valence-corrected chi connectivity index (χ1v) is 9.61. The molecule has 3 rings (SSSR count). The second kappa shape index (κ2) is 7.41. The molecule has 152 valence electrons. The molecule has 1 aromatic rings. The monoisotopic (exact) mass is 392 g/mol. The molecule has 0 heterocycles. The summed E-state index contributed by atoms with van der Waals surface area (Å²) in [6, 6.07) is 7.30.